The lowest BCUT2D eigenvalue weighted by molar-refractivity contribution is 1.49. The molecule has 3 aromatic carbocycles. The maximum absolute atomic E-state index is 10.3. The molecule has 4 heterocycles. The third kappa shape index (κ3) is 5.16. The van der Waals surface area contributed by atoms with E-state index in [0.717, 1.165) is 65.4 Å². The first-order chi connectivity index (χ1) is 26.2. The van der Waals surface area contributed by atoms with Crippen LogP contribution in [0.4, 0.5) is 0 Å². The normalized spacial score (nSPS) is 13.9. The van der Waals surface area contributed by atoms with Crippen molar-refractivity contribution in [3.8, 4) is 74.8 Å². The van der Waals surface area contributed by atoms with Gasteiger partial charge in [-0.15, -0.1) is 45.3 Å². The van der Waals surface area contributed by atoms with Gasteiger partial charge < -0.3 is 0 Å². The first kappa shape index (κ1) is 33.7. The van der Waals surface area contributed by atoms with Crippen molar-refractivity contribution >= 4 is 56.5 Å². The Morgan fingerprint density at radius 3 is 1.26 bits per heavy atom. The van der Waals surface area contributed by atoms with Crippen LogP contribution >= 0.6 is 45.3 Å². The molecule has 254 valence electrons. The molecule has 0 aliphatic heterocycles. The summed E-state index contributed by atoms with van der Waals surface area (Å²) in [6.45, 7) is 24.5. The second-order valence-electron chi connectivity index (χ2n) is 13.6. The monoisotopic (exact) mass is 762 g/mol. The Balaban J connectivity index is 1.20. The van der Waals surface area contributed by atoms with Gasteiger partial charge in [-0.25, -0.2) is 20.2 Å². The van der Waals surface area contributed by atoms with Crippen LogP contribution in [0, 0.1) is 63.5 Å². The van der Waals surface area contributed by atoms with Gasteiger partial charge in [0.1, 0.15) is 0 Å². The fourth-order valence-corrected chi connectivity index (χ4v) is 12.0. The van der Waals surface area contributed by atoms with Crippen LogP contribution in [-0.2, 0) is 0 Å². The van der Waals surface area contributed by atoms with Crippen molar-refractivity contribution in [1.29, 1.82) is 10.5 Å². The summed E-state index contributed by atoms with van der Waals surface area (Å²) in [5, 5.41) is 24.9. The summed E-state index contributed by atoms with van der Waals surface area (Å²) in [5.74, 6) is 0. The Bertz CT molecular complexity index is 2800. The van der Waals surface area contributed by atoms with Crippen LogP contribution in [0.2, 0.25) is 0 Å². The molecule has 9 rings (SSSR count). The molecule has 0 N–H and O–H groups in total. The van der Waals surface area contributed by atoms with Crippen molar-refractivity contribution in [2.75, 3.05) is 0 Å². The fourth-order valence-electron chi connectivity index (χ4n) is 7.69. The Morgan fingerprint density at radius 1 is 0.500 bits per heavy atom. The van der Waals surface area contributed by atoms with Crippen LogP contribution in [0.15, 0.2) is 95.0 Å². The molecule has 0 fully saturated rings. The number of benzene rings is 3. The molecule has 54 heavy (non-hydrogen) atoms. The highest BCUT2D eigenvalue weighted by molar-refractivity contribution is 7.24. The molecule has 8 heteroatoms. The average molecular weight is 763 g/mol. The van der Waals surface area contributed by atoms with Crippen molar-refractivity contribution in [1.82, 2.24) is 0 Å². The first-order valence-corrected chi connectivity index (χ1v) is 20.4. The summed E-state index contributed by atoms with van der Waals surface area (Å²) in [6, 6.07) is 30.1. The molecule has 0 spiro atoms. The number of nitriles is 2. The molecule has 4 aromatic heterocycles. The highest BCUT2D eigenvalue weighted by atomic mass is 32.1. The highest BCUT2D eigenvalue weighted by Crippen LogP contribution is 2.55. The molecule has 0 saturated heterocycles. The number of rotatable bonds is 4. The molecule has 2 aliphatic carbocycles. The van der Waals surface area contributed by atoms with Crippen LogP contribution in [0.5, 0.6) is 0 Å². The Hall–Kier alpha value is -6.10. The van der Waals surface area contributed by atoms with Gasteiger partial charge in [0.05, 0.1) is 25.3 Å². The van der Waals surface area contributed by atoms with E-state index in [4.69, 9.17) is 13.1 Å². The third-order valence-electron chi connectivity index (χ3n) is 10.1. The zero-order valence-electron chi connectivity index (χ0n) is 29.5. The van der Waals surface area contributed by atoms with E-state index in [1.165, 1.54) is 41.8 Å². The molecule has 0 radical (unpaired) electrons. The molecule has 7 aromatic rings. The van der Waals surface area contributed by atoms with Crippen LogP contribution in [0.25, 0.3) is 83.5 Å². The summed E-state index contributed by atoms with van der Waals surface area (Å²) in [6.07, 6.45) is 0. The van der Waals surface area contributed by atoms with Crippen LogP contribution in [0.1, 0.15) is 44.5 Å². The zero-order valence-corrected chi connectivity index (χ0v) is 32.8. The van der Waals surface area contributed by atoms with Crippen LogP contribution in [-0.4, -0.2) is 0 Å². The lowest BCUT2D eigenvalue weighted by atomic mass is 9.95. The van der Waals surface area contributed by atoms with E-state index in [2.05, 4.69) is 133 Å². The van der Waals surface area contributed by atoms with Crippen molar-refractivity contribution in [2.45, 2.75) is 27.7 Å². The molecular formula is C46H26N4S4. The Morgan fingerprint density at radius 2 is 0.907 bits per heavy atom. The predicted molar refractivity (Wildman–Crippen MR) is 226 cm³/mol. The predicted octanol–water partition coefficient (Wildman–Crippen LogP) is 14.2. The van der Waals surface area contributed by atoms with Gasteiger partial charge in [-0.05, 0) is 165 Å². The van der Waals surface area contributed by atoms with Crippen molar-refractivity contribution in [3.63, 3.8) is 0 Å². The first-order valence-electron chi connectivity index (χ1n) is 17.1. The van der Waals surface area contributed by atoms with Gasteiger partial charge in [0, 0.05) is 40.4 Å². The summed E-state index contributed by atoms with van der Waals surface area (Å²) < 4.78 is 0. The number of thiophene rings is 4. The zero-order chi connectivity index (χ0) is 37.4. The van der Waals surface area contributed by atoms with Crippen LogP contribution < -0.4 is 0 Å². The minimum atomic E-state index is 0.0397. The quantitative estimate of drug-likeness (QED) is 0.132. The highest BCUT2D eigenvalue weighted by Gasteiger charge is 2.34. The van der Waals surface area contributed by atoms with E-state index in [1.54, 1.807) is 45.3 Å². The maximum Gasteiger partial charge on any atom is 0.270 e. The topological polar surface area (TPSA) is 56.3 Å². The van der Waals surface area contributed by atoms with E-state index in [9.17, 15) is 10.5 Å². The Kier molecular flexibility index (Phi) is 7.99. The van der Waals surface area contributed by atoms with Crippen molar-refractivity contribution in [2.24, 2.45) is 0 Å². The Labute approximate surface area is 329 Å². The van der Waals surface area contributed by atoms with Gasteiger partial charge in [-0.3, -0.25) is 0 Å². The molecule has 0 amide bonds. The molecule has 0 unspecified atom stereocenters. The number of nitrogens with zero attached hydrogens (tertiary/aromatic N) is 4. The molecule has 0 bridgehead atoms. The lowest BCUT2D eigenvalue weighted by Crippen LogP contribution is -1.89. The number of allylic oxidation sites excluding steroid dienone is 2. The number of hydrogen-bond acceptors (Lipinski definition) is 6. The van der Waals surface area contributed by atoms with E-state index < -0.39 is 0 Å². The van der Waals surface area contributed by atoms with E-state index in [-0.39, 0.29) is 11.4 Å². The molecule has 0 atom stereocenters. The van der Waals surface area contributed by atoms with Crippen molar-refractivity contribution in [3.05, 3.63) is 162 Å². The van der Waals surface area contributed by atoms with Crippen molar-refractivity contribution < 1.29 is 0 Å². The minimum Gasteiger partial charge on any atom is -0.226 e. The van der Waals surface area contributed by atoms with E-state index in [0.29, 0.717) is 11.1 Å². The summed E-state index contributed by atoms with van der Waals surface area (Å²) in [4.78, 5) is 14.7. The van der Waals surface area contributed by atoms with E-state index in [1.807, 2.05) is 0 Å². The third-order valence-corrected chi connectivity index (χ3v) is 15.1. The van der Waals surface area contributed by atoms with Gasteiger partial charge in [-0.2, -0.15) is 0 Å². The number of fused-ring (bicyclic) bond motifs is 6. The summed E-state index contributed by atoms with van der Waals surface area (Å²) >= 11 is 7.00. The summed E-state index contributed by atoms with van der Waals surface area (Å²) in [5.41, 5.74) is 15.2. The second-order valence-corrected chi connectivity index (χ2v) is 17.5. The van der Waals surface area contributed by atoms with Gasteiger partial charge >= 0.3 is 0 Å². The number of hydrogen-bond donors (Lipinski definition) is 0. The van der Waals surface area contributed by atoms with E-state index >= 15 is 0 Å². The standard InChI is InChI=1S/C46H26N4S4/c1-23-11-39(51-21-23)41-13-25(3)45(53-41)27-7-9-29-31-17-36-32(18-35(31)43(33(29)15-27)37(19-47)49-5)30-10-8-28(16-34(30)44(36)38(20-48)50-6)46-26(4)14-42(54-46)40-12-24(2)22-52-40/h7-18,21-22H,1-4H3/b43-37-,44-38+. The van der Waals surface area contributed by atoms with Crippen LogP contribution in [0.3, 0.4) is 0 Å². The van der Waals surface area contributed by atoms with Gasteiger partial charge in [0.25, 0.3) is 11.4 Å². The molecular weight excluding hydrogens is 737 g/mol. The smallest absolute Gasteiger partial charge is 0.226 e. The van der Waals surface area contributed by atoms with Gasteiger partial charge in [0.15, 0.2) is 0 Å². The number of aryl methyl sites for hydroxylation is 4. The second kappa shape index (κ2) is 12.8. The average Bonchev–Trinajstić information content (AvgIpc) is 4.04. The van der Waals surface area contributed by atoms with Gasteiger partial charge in [0.2, 0.25) is 0 Å². The fraction of sp³-hybridized carbons (Fsp3) is 0.0870. The molecule has 2 aliphatic rings. The molecule has 4 nitrogen and oxygen atoms in total. The lowest BCUT2D eigenvalue weighted by Gasteiger charge is -2.09. The van der Waals surface area contributed by atoms with Gasteiger partial charge in [-0.1, -0.05) is 24.3 Å². The summed E-state index contributed by atoms with van der Waals surface area (Å²) in [7, 11) is 0. The SMILES string of the molecule is [C-]#[N+]/C(C#N)=C1/c2cc(-c3sc(-c4cc(C)cs4)cc3C)ccc2-c2cc3c(cc21)-c1ccc(-c2sc(-c4cc(C)cs4)cc2C)cc1/C3=C(/C#N)[N+]#[C-]. The minimum absolute atomic E-state index is 0.0397. The maximum atomic E-state index is 10.3. The molecule has 0 saturated carbocycles. The largest absolute Gasteiger partial charge is 0.270 e.